The number of piperazine rings is 1. The van der Waals surface area contributed by atoms with Crippen molar-refractivity contribution in [2.75, 3.05) is 38.1 Å². The number of hydrogen-bond donors (Lipinski definition) is 1. The third-order valence-electron chi connectivity index (χ3n) is 4.90. The number of carbonyl (C=O) groups excluding carboxylic acids is 1. The van der Waals surface area contributed by atoms with Crippen LogP contribution < -0.4 is 10.2 Å². The van der Waals surface area contributed by atoms with Crippen LogP contribution in [0, 0.1) is 0 Å². The maximum absolute atomic E-state index is 12.1. The van der Waals surface area contributed by atoms with Gasteiger partial charge in [0.1, 0.15) is 5.82 Å². The lowest BCUT2D eigenvalue weighted by Gasteiger charge is -2.33. The van der Waals surface area contributed by atoms with Gasteiger partial charge in [0.25, 0.3) is 0 Å². The summed E-state index contributed by atoms with van der Waals surface area (Å²) in [7, 11) is 2.13. The number of likely N-dealkylation sites (N-methyl/N-ethyl adjacent to an activating group) is 1. The maximum Gasteiger partial charge on any atom is 0.238 e. The molecule has 29 heavy (non-hydrogen) atoms. The molecule has 9 nitrogen and oxygen atoms in total. The largest absolute Gasteiger partial charge is 0.461 e. The van der Waals surface area contributed by atoms with Crippen LogP contribution in [0.15, 0.2) is 45.7 Å². The van der Waals surface area contributed by atoms with Gasteiger partial charge in [-0.3, -0.25) is 4.79 Å². The molecule has 0 spiro atoms. The molecule has 0 radical (unpaired) electrons. The molecule has 9 heteroatoms. The Balaban J connectivity index is 1.21. The number of rotatable bonds is 7. The van der Waals surface area contributed by atoms with Crippen molar-refractivity contribution >= 4 is 11.7 Å². The van der Waals surface area contributed by atoms with Gasteiger partial charge in [-0.05, 0) is 30.8 Å². The third kappa shape index (κ3) is 5.00. The first-order valence-corrected chi connectivity index (χ1v) is 9.69. The minimum Gasteiger partial charge on any atom is -0.461 e. The number of aryl methyl sites for hydroxylation is 1. The molecule has 3 aromatic heterocycles. The predicted octanol–water partition coefficient (Wildman–Crippen LogP) is 1.73. The van der Waals surface area contributed by atoms with E-state index in [0.29, 0.717) is 30.4 Å². The minimum absolute atomic E-state index is 0.0779. The van der Waals surface area contributed by atoms with Gasteiger partial charge in [-0.15, -0.1) is 0 Å². The molecule has 1 N–H and O–H groups in total. The minimum atomic E-state index is -0.0779. The van der Waals surface area contributed by atoms with Crippen LogP contribution in [0.25, 0.3) is 11.6 Å². The summed E-state index contributed by atoms with van der Waals surface area (Å²) in [5, 5.41) is 6.76. The van der Waals surface area contributed by atoms with Gasteiger partial charge in [-0.2, -0.15) is 4.98 Å². The number of pyridine rings is 1. The number of furan rings is 1. The van der Waals surface area contributed by atoms with Crippen molar-refractivity contribution < 1.29 is 13.7 Å². The lowest BCUT2D eigenvalue weighted by Crippen LogP contribution is -2.44. The van der Waals surface area contributed by atoms with Crippen LogP contribution in [0.1, 0.15) is 17.9 Å². The van der Waals surface area contributed by atoms with Gasteiger partial charge >= 0.3 is 0 Å². The Kier molecular flexibility index (Phi) is 5.85. The second-order valence-electron chi connectivity index (χ2n) is 7.08. The topological polar surface area (TPSA) is 101 Å². The molecule has 1 fully saturated rings. The fourth-order valence-corrected chi connectivity index (χ4v) is 3.12. The van der Waals surface area contributed by atoms with Crippen molar-refractivity contribution in [1.82, 2.24) is 25.3 Å². The molecule has 4 heterocycles. The molecule has 1 saturated heterocycles. The Morgan fingerprint density at radius 3 is 2.79 bits per heavy atom. The number of nitrogens with one attached hydrogen (secondary N) is 1. The lowest BCUT2D eigenvalue weighted by atomic mass is 10.2. The van der Waals surface area contributed by atoms with Crippen molar-refractivity contribution in [2.24, 2.45) is 0 Å². The molecule has 0 aromatic carbocycles. The van der Waals surface area contributed by atoms with E-state index in [-0.39, 0.29) is 12.3 Å². The van der Waals surface area contributed by atoms with Crippen molar-refractivity contribution in [3.8, 4) is 11.6 Å². The molecule has 1 aliphatic heterocycles. The van der Waals surface area contributed by atoms with Crippen molar-refractivity contribution in [3.63, 3.8) is 0 Å². The summed E-state index contributed by atoms with van der Waals surface area (Å²) in [4.78, 5) is 25.5. The Hall–Kier alpha value is -3.20. The van der Waals surface area contributed by atoms with E-state index in [4.69, 9.17) is 8.94 Å². The van der Waals surface area contributed by atoms with Crippen molar-refractivity contribution in [3.05, 3.63) is 48.2 Å². The van der Waals surface area contributed by atoms with Crippen LogP contribution in [-0.4, -0.2) is 59.2 Å². The maximum atomic E-state index is 12.1. The third-order valence-corrected chi connectivity index (χ3v) is 4.90. The number of anilines is 1. The van der Waals surface area contributed by atoms with E-state index in [9.17, 15) is 4.79 Å². The van der Waals surface area contributed by atoms with E-state index in [1.165, 1.54) is 0 Å². The average Bonchev–Trinajstić information content (AvgIpc) is 3.43. The highest BCUT2D eigenvalue weighted by Gasteiger charge is 2.15. The number of amides is 1. The first-order chi connectivity index (χ1) is 14.2. The van der Waals surface area contributed by atoms with E-state index in [2.05, 4.69) is 37.3 Å². The zero-order valence-corrected chi connectivity index (χ0v) is 16.4. The van der Waals surface area contributed by atoms with Crippen molar-refractivity contribution in [1.29, 1.82) is 0 Å². The Morgan fingerprint density at radius 1 is 1.21 bits per heavy atom. The van der Waals surface area contributed by atoms with Gasteiger partial charge in [0.15, 0.2) is 5.76 Å². The van der Waals surface area contributed by atoms with E-state index < -0.39 is 0 Å². The van der Waals surface area contributed by atoms with Crippen LogP contribution in [0.4, 0.5) is 5.82 Å². The molecule has 3 aromatic rings. The zero-order valence-electron chi connectivity index (χ0n) is 16.4. The van der Waals surface area contributed by atoms with E-state index >= 15 is 0 Å². The first-order valence-electron chi connectivity index (χ1n) is 9.69. The zero-order chi connectivity index (χ0) is 20.1. The predicted molar refractivity (Wildman–Crippen MR) is 106 cm³/mol. The second kappa shape index (κ2) is 8.87. The fourth-order valence-electron chi connectivity index (χ4n) is 3.12. The molecule has 0 aliphatic carbocycles. The van der Waals surface area contributed by atoms with Gasteiger partial charge in [0.05, 0.1) is 6.26 Å². The molecular formula is C20H24N6O3. The summed E-state index contributed by atoms with van der Waals surface area (Å²) in [6.07, 6.45) is 4.01. The Morgan fingerprint density at radius 2 is 2.07 bits per heavy atom. The SMILES string of the molecule is CN1CCN(c2ccc(CNC(=O)CCc3nc(-c4ccco4)no3)cn2)CC1. The van der Waals surface area contributed by atoms with Crippen LogP contribution in [-0.2, 0) is 17.8 Å². The summed E-state index contributed by atoms with van der Waals surface area (Å²) in [6.45, 7) is 4.50. The summed E-state index contributed by atoms with van der Waals surface area (Å²) in [5.74, 6) is 2.24. The van der Waals surface area contributed by atoms with Gasteiger partial charge in [0.2, 0.25) is 17.6 Å². The van der Waals surface area contributed by atoms with Crippen LogP contribution >= 0.6 is 0 Å². The van der Waals surface area contributed by atoms with Crippen LogP contribution in [0.5, 0.6) is 0 Å². The smallest absolute Gasteiger partial charge is 0.238 e. The number of hydrogen-bond acceptors (Lipinski definition) is 8. The fraction of sp³-hybridized carbons (Fsp3) is 0.400. The highest BCUT2D eigenvalue weighted by molar-refractivity contribution is 5.76. The summed E-state index contributed by atoms with van der Waals surface area (Å²) in [5.41, 5.74) is 0.967. The van der Waals surface area contributed by atoms with Gasteiger partial charge in [-0.1, -0.05) is 11.2 Å². The molecule has 1 aliphatic rings. The quantitative estimate of drug-likeness (QED) is 0.644. The molecule has 1 amide bonds. The molecular weight excluding hydrogens is 372 g/mol. The second-order valence-corrected chi connectivity index (χ2v) is 7.08. The molecule has 0 bridgehead atoms. The number of nitrogens with zero attached hydrogens (tertiary/aromatic N) is 5. The molecule has 4 rings (SSSR count). The summed E-state index contributed by atoms with van der Waals surface area (Å²) >= 11 is 0. The molecule has 0 unspecified atom stereocenters. The Bertz CT molecular complexity index is 914. The number of carbonyl (C=O) groups is 1. The number of aromatic nitrogens is 3. The highest BCUT2D eigenvalue weighted by Crippen LogP contribution is 2.16. The molecule has 0 saturated carbocycles. The van der Waals surface area contributed by atoms with Crippen molar-refractivity contribution in [2.45, 2.75) is 19.4 Å². The van der Waals surface area contributed by atoms with Crippen LogP contribution in [0.2, 0.25) is 0 Å². The Labute approximate surface area is 168 Å². The monoisotopic (exact) mass is 396 g/mol. The van der Waals surface area contributed by atoms with Gasteiger partial charge in [-0.25, -0.2) is 4.98 Å². The first kappa shape index (κ1) is 19.1. The average molecular weight is 396 g/mol. The summed E-state index contributed by atoms with van der Waals surface area (Å²) < 4.78 is 10.4. The lowest BCUT2D eigenvalue weighted by molar-refractivity contribution is -0.121. The van der Waals surface area contributed by atoms with Crippen LogP contribution in [0.3, 0.4) is 0 Å². The highest BCUT2D eigenvalue weighted by atomic mass is 16.5. The van der Waals surface area contributed by atoms with E-state index in [0.717, 1.165) is 37.6 Å². The van der Waals surface area contributed by atoms with E-state index in [1.807, 2.05) is 18.3 Å². The van der Waals surface area contributed by atoms with E-state index in [1.54, 1.807) is 18.4 Å². The summed E-state index contributed by atoms with van der Waals surface area (Å²) in [6, 6.07) is 7.53. The molecule has 152 valence electrons. The standard InChI is InChI=1S/C20H24N6O3/c1-25-8-10-26(11-9-25)17-5-4-15(13-21-17)14-22-18(27)6-7-19-23-20(24-29-19)16-3-2-12-28-16/h2-5,12-13H,6-11,14H2,1H3,(H,22,27). The van der Waals surface area contributed by atoms with Gasteiger partial charge in [0, 0.05) is 51.8 Å². The van der Waals surface area contributed by atoms with Gasteiger partial charge < -0.3 is 24.1 Å². The molecule has 0 atom stereocenters. The normalized spacial score (nSPS) is 14.9.